The molecule has 1 N–H and O–H groups in total. The van der Waals surface area contributed by atoms with Crippen LogP contribution in [0.5, 0.6) is 0 Å². The lowest BCUT2D eigenvalue weighted by atomic mass is 9.92. The Kier molecular flexibility index (Phi) is 4.33. The number of nitrogens with zero attached hydrogens (tertiary/aromatic N) is 2. The molecule has 1 aromatic rings. The molecule has 0 amide bonds. The van der Waals surface area contributed by atoms with Gasteiger partial charge in [0.25, 0.3) is 0 Å². The topological polar surface area (TPSA) is 29.9 Å². The fraction of sp³-hybridized carbons (Fsp3) is 0.750. The predicted octanol–water partition coefficient (Wildman–Crippen LogP) is 2.22. The molecule has 1 heterocycles. The van der Waals surface area contributed by atoms with Crippen LogP contribution in [0.4, 0.5) is 0 Å². The van der Waals surface area contributed by atoms with E-state index in [1.165, 1.54) is 12.0 Å². The van der Waals surface area contributed by atoms with Gasteiger partial charge >= 0.3 is 0 Å². The van der Waals surface area contributed by atoms with Crippen molar-refractivity contribution in [3.05, 3.63) is 18.0 Å². The van der Waals surface area contributed by atoms with Crippen LogP contribution in [0.1, 0.15) is 32.8 Å². The molecule has 0 radical (unpaired) electrons. The number of nitrogens with one attached hydrogen (secondary N) is 1. The fourth-order valence-electron chi connectivity index (χ4n) is 1.37. The Labute approximate surface area is 92.9 Å². The van der Waals surface area contributed by atoms with Crippen LogP contribution >= 0.6 is 0 Å². The number of aromatic nitrogens is 2. The number of rotatable bonds is 5. The lowest BCUT2D eigenvalue weighted by Crippen LogP contribution is -2.24. The molecular formula is C12H23N3. The standard InChI is InChI=1S/C12H23N3/c1-11-9-14-15(10-11)8-7-13-6-5-12(2,3)4/h9-10,13H,5-8H2,1-4H3. The van der Waals surface area contributed by atoms with Crippen molar-refractivity contribution < 1.29 is 0 Å². The molecule has 3 heteroatoms. The Morgan fingerprint density at radius 2 is 2.07 bits per heavy atom. The van der Waals surface area contributed by atoms with E-state index in [1.807, 2.05) is 10.9 Å². The molecule has 0 saturated carbocycles. The third kappa shape index (κ3) is 5.57. The summed E-state index contributed by atoms with van der Waals surface area (Å²) in [6, 6.07) is 0. The summed E-state index contributed by atoms with van der Waals surface area (Å²) >= 11 is 0. The van der Waals surface area contributed by atoms with E-state index < -0.39 is 0 Å². The van der Waals surface area contributed by atoms with Crippen LogP contribution < -0.4 is 5.32 Å². The Morgan fingerprint density at radius 3 is 2.60 bits per heavy atom. The zero-order chi connectivity index (χ0) is 11.3. The third-order valence-corrected chi connectivity index (χ3v) is 2.33. The molecule has 0 aliphatic heterocycles. The van der Waals surface area contributed by atoms with Crippen LogP contribution in [0.15, 0.2) is 12.4 Å². The molecule has 0 unspecified atom stereocenters. The smallest absolute Gasteiger partial charge is 0.0534 e. The quantitative estimate of drug-likeness (QED) is 0.754. The van der Waals surface area contributed by atoms with Gasteiger partial charge in [-0.2, -0.15) is 5.10 Å². The zero-order valence-electron chi connectivity index (χ0n) is 10.4. The van der Waals surface area contributed by atoms with Crippen molar-refractivity contribution in [1.29, 1.82) is 0 Å². The molecule has 0 bridgehead atoms. The number of hydrogen-bond acceptors (Lipinski definition) is 2. The molecule has 0 aromatic carbocycles. The van der Waals surface area contributed by atoms with Gasteiger partial charge in [0.2, 0.25) is 0 Å². The summed E-state index contributed by atoms with van der Waals surface area (Å²) < 4.78 is 1.99. The SMILES string of the molecule is Cc1cnn(CCNCCC(C)(C)C)c1. The highest BCUT2D eigenvalue weighted by Crippen LogP contribution is 2.16. The van der Waals surface area contributed by atoms with Crippen molar-refractivity contribution in [1.82, 2.24) is 15.1 Å². The summed E-state index contributed by atoms with van der Waals surface area (Å²) in [5.74, 6) is 0. The van der Waals surface area contributed by atoms with Crippen molar-refractivity contribution in [2.24, 2.45) is 5.41 Å². The fourth-order valence-corrected chi connectivity index (χ4v) is 1.37. The normalized spacial score (nSPS) is 12.0. The zero-order valence-corrected chi connectivity index (χ0v) is 10.4. The molecule has 1 aromatic heterocycles. The van der Waals surface area contributed by atoms with E-state index in [0.29, 0.717) is 5.41 Å². The molecule has 0 saturated heterocycles. The summed E-state index contributed by atoms with van der Waals surface area (Å²) in [7, 11) is 0. The van der Waals surface area contributed by atoms with Gasteiger partial charge in [0, 0.05) is 12.7 Å². The van der Waals surface area contributed by atoms with E-state index in [2.05, 4.69) is 44.3 Å². The van der Waals surface area contributed by atoms with Gasteiger partial charge in [-0.05, 0) is 30.9 Å². The maximum Gasteiger partial charge on any atom is 0.0534 e. The van der Waals surface area contributed by atoms with E-state index in [4.69, 9.17) is 0 Å². The summed E-state index contributed by atoms with van der Waals surface area (Å²) in [5, 5.41) is 7.68. The molecule has 0 aliphatic carbocycles. The van der Waals surface area contributed by atoms with E-state index in [1.54, 1.807) is 0 Å². The largest absolute Gasteiger partial charge is 0.315 e. The van der Waals surface area contributed by atoms with Gasteiger partial charge in [0.05, 0.1) is 12.7 Å². The van der Waals surface area contributed by atoms with Gasteiger partial charge in [0.1, 0.15) is 0 Å². The highest BCUT2D eigenvalue weighted by molar-refractivity contribution is 4.99. The summed E-state index contributed by atoms with van der Waals surface area (Å²) in [6.07, 6.45) is 5.19. The van der Waals surface area contributed by atoms with Gasteiger partial charge in [0.15, 0.2) is 0 Å². The molecule has 0 fully saturated rings. The minimum atomic E-state index is 0.426. The Hall–Kier alpha value is -0.830. The van der Waals surface area contributed by atoms with Gasteiger partial charge in [-0.3, -0.25) is 4.68 Å². The van der Waals surface area contributed by atoms with Crippen LogP contribution in [0.2, 0.25) is 0 Å². The number of aryl methyl sites for hydroxylation is 1. The minimum Gasteiger partial charge on any atom is -0.315 e. The molecule has 15 heavy (non-hydrogen) atoms. The first-order valence-electron chi connectivity index (χ1n) is 5.67. The number of hydrogen-bond donors (Lipinski definition) is 1. The van der Waals surface area contributed by atoms with Crippen LogP contribution in [-0.4, -0.2) is 22.9 Å². The lowest BCUT2D eigenvalue weighted by Gasteiger charge is -2.17. The van der Waals surface area contributed by atoms with Gasteiger partial charge in [-0.1, -0.05) is 20.8 Å². The third-order valence-electron chi connectivity index (χ3n) is 2.33. The highest BCUT2D eigenvalue weighted by atomic mass is 15.3. The van der Waals surface area contributed by atoms with E-state index in [-0.39, 0.29) is 0 Å². The van der Waals surface area contributed by atoms with Crippen LogP contribution in [-0.2, 0) is 6.54 Å². The van der Waals surface area contributed by atoms with E-state index >= 15 is 0 Å². The van der Waals surface area contributed by atoms with Gasteiger partial charge < -0.3 is 5.32 Å². The molecule has 0 spiro atoms. The second kappa shape index (κ2) is 5.31. The summed E-state index contributed by atoms with van der Waals surface area (Å²) in [5.41, 5.74) is 1.65. The lowest BCUT2D eigenvalue weighted by molar-refractivity contribution is 0.364. The minimum absolute atomic E-state index is 0.426. The monoisotopic (exact) mass is 209 g/mol. The first kappa shape index (κ1) is 12.2. The summed E-state index contributed by atoms with van der Waals surface area (Å²) in [4.78, 5) is 0. The highest BCUT2D eigenvalue weighted by Gasteiger charge is 2.08. The first-order chi connectivity index (χ1) is 6.97. The van der Waals surface area contributed by atoms with Gasteiger partial charge in [-0.25, -0.2) is 0 Å². The maximum absolute atomic E-state index is 4.24. The van der Waals surface area contributed by atoms with Gasteiger partial charge in [-0.15, -0.1) is 0 Å². The van der Waals surface area contributed by atoms with Crippen molar-refractivity contribution in [2.45, 2.75) is 40.7 Å². The van der Waals surface area contributed by atoms with E-state index in [0.717, 1.165) is 19.6 Å². The molecule has 1 rings (SSSR count). The Bertz CT molecular complexity index is 283. The first-order valence-corrected chi connectivity index (χ1v) is 5.67. The van der Waals surface area contributed by atoms with Crippen LogP contribution in [0, 0.1) is 12.3 Å². The van der Waals surface area contributed by atoms with Crippen molar-refractivity contribution in [3.8, 4) is 0 Å². The maximum atomic E-state index is 4.24. The molecule has 86 valence electrons. The van der Waals surface area contributed by atoms with Crippen molar-refractivity contribution >= 4 is 0 Å². The molecule has 0 aliphatic rings. The average molecular weight is 209 g/mol. The van der Waals surface area contributed by atoms with Crippen molar-refractivity contribution in [3.63, 3.8) is 0 Å². The van der Waals surface area contributed by atoms with Crippen molar-refractivity contribution in [2.75, 3.05) is 13.1 Å². The Morgan fingerprint density at radius 1 is 1.33 bits per heavy atom. The molecule has 3 nitrogen and oxygen atoms in total. The molecule has 0 atom stereocenters. The van der Waals surface area contributed by atoms with Crippen LogP contribution in [0.25, 0.3) is 0 Å². The Balaban J connectivity index is 2.07. The van der Waals surface area contributed by atoms with Crippen LogP contribution in [0.3, 0.4) is 0 Å². The second-order valence-electron chi connectivity index (χ2n) is 5.34. The van der Waals surface area contributed by atoms with E-state index in [9.17, 15) is 0 Å². The average Bonchev–Trinajstić information content (AvgIpc) is 2.49. The summed E-state index contributed by atoms with van der Waals surface area (Å²) in [6.45, 7) is 11.9. The predicted molar refractivity (Wildman–Crippen MR) is 63.9 cm³/mol. The molecular weight excluding hydrogens is 186 g/mol. The second-order valence-corrected chi connectivity index (χ2v) is 5.34.